The van der Waals surface area contributed by atoms with E-state index < -0.39 is 0 Å². The third-order valence-corrected chi connectivity index (χ3v) is 2.10. The highest BCUT2D eigenvalue weighted by atomic mass is 16.5. The summed E-state index contributed by atoms with van der Waals surface area (Å²) in [5.74, 6) is 1.22. The van der Waals surface area contributed by atoms with E-state index in [0.717, 1.165) is 18.7 Å². The van der Waals surface area contributed by atoms with Crippen LogP contribution in [0.3, 0.4) is 0 Å². The van der Waals surface area contributed by atoms with Crippen LogP contribution in [0.1, 0.15) is 5.82 Å². The van der Waals surface area contributed by atoms with Crippen LogP contribution in [0.2, 0.25) is 0 Å². The van der Waals surface area contributed by atoms with Gasteiger partial charge >= 0.3 is 0 Å². The molecule has 0 fully saturated rings. The number of nitrogens with one attached hydrogen (secondary N) is 1. The summed E-state index contributed by atoms with van der Waals surface area (Å²) >= 11 is 0. The lowest BCUT2D eigenvalue weighted by Crippen LogP contribution is -2.11. The average molecular weight is 207 g/mol. The van der Waals surface area contributed by atoms with Crippen LogP contribution in [0, 0.1) is 0 Å². The van der Waals surface area contributed by atoms with Crippen LogP contribution in [-0.2, 0) is 13.5 Å². The standard InChI is InChI=1S/C9H13N5O/c1-10-4-3-8-12-9(15-13-8)7-5-11-6-14(7)2/h5-6,10H,3-4H2,1-2H3. The molecule has 2 rings (SSSR count). The smallest absolute Gasteiger partial charge is 0.276 e. The van der Waals surface area contributed by atoms with Gasteiger partial charge in [-0.05, 0) is 7.05 Å². The fourth-order valence-electron chi connectivity index (χ4n) is 1.26. The highest BCUT2D eigenvalue weighted by molar-refractivity contribution is 5.45. The Hall–Kier alpha value is -1.69. The topological polar surface area (TPSA) is 68.8 Å². The maximum absolute atomic E-state index is 5.14. The van der Waals surface area contributed by atoms with Gasteiger partial charge in [-0.3, -0.25) is 0 Å². The molecular weight excluding hydrogens is 194 g/mol. The van der Waals surface area contributed by atoms with Crippen molar-refractivity contribution in [1.29, 1.82) is 0 Å². The van der Waals surface area contributed by atoms with Gasteiger partial charge < -0.3 is 14.4 Å². The van der Waals surface area contributed by atoms with Gasteiger partial charge in [0, 0.05) is 20.0 Å². The average Bonchev–Trinajstić information content (AvgIpc) is 2.83. The van der Waals surface area contributed by atoms with Crippen molar-refractivity contribution in [3.8, 4) is 11.6 Å². The lowest BCUT2D eigenvalue weighted by molar-refractivity contribution is 0.419. The zero-order chi connectivity index (χ0) is 10.7. The summed E-state index contributed by atoms with van der Waals surface area (Å²) in [4.78, 5) is 8.26. The molecule has 0 aromatic carbocycles. The fraction of sp³-hybridized carbons (Fsp3) is 0.444. The SMILES string of the molecule is CNCCc1noc(-c2cncn2C)n1. The Labute approximate surface area is 87.3 Å². The molecule has 0 radical (unpaired) electrons. The van der Waals surface area contributed by atoms with Crippen LogP contribution in [0.25, 0.3) is 11.6 Å². The Morgan fingerprint density at radius 2 is 2.40 bits per heavy atom. The van der Waals surface area contributed by atoms with Crippen LogP contribution in [0.4, 0.5) is 0 Å². The summed E-state index contributed by atoms with van der Waals surface area (Å²) in [5.41, 5.74) is 0.832. The Balaban J connectivity index is 2.17. The molecule has 0 aliphatic heterocycles. The molecule has 0 saturated carbocycles. The van der Waals surface area contributed by atoms with Crippen molar-refractivity contribution in [2.45, 2.75) is 6.42 Å². The van der Waals surface area contributed by atoms with Crippen LogP contribution in [-0.4, -0.2) is 33.3 Å². The number of imidazole rings is 1. The highest BCUT2D eigenvalue weighted by Crippen LogP contribution is 2.14. The molecule has 2 aromatic rings. The quantitative estimate of drug-likeness (QED) is 0.777. The molecule has 0 spiro atoms. The molecular formula is C9H13N5O. The maximum atomic E-state index is 5.14. The summed E-state index contributed by atoms with van der Waals surface area (Å²) in [6, 6.07) is 0. The van der Waals surface area contributed by atoms with E-state index in [1.807, 2.05) is 18.7 Å². The van der Waals surface area contributed by atoms with Crippen molar-refractivity contribution in [3.05, 3.63) is 18.3 Å². The van der Waals surface area contributed by atoms with Crippen molar-refractivity contribution in [2.24, 2.45) is 7.05 Å². The monoisotopic (exact) mass is 207 g/mol. The van der Waals surface area contributed by atoms with Gasteiger partial charge in [-0.25, -0.2) is 4.98 Å². The maximum Gasteiger partial charge on any atom is 0.276 e. The molecule has 80 valence electrons. The van der Waals surface area contributed by atoms with Crippen molar-refractivity contribution in [3.63, 3.8) is 0 Å². The highest BCUT2D eigenvalue weighted by Gasteiger charge is 2.11. The molecule has 0 aliphatic carbocycles. The first kappa shape index (κ1) is 9.85. The third kappa shape index (κ3) is 2.04. The molecule has 2 aromatic heterocycles. The van der Waals surface area contributed by atoms with E-state index in [0.29, 0.717) is 11.7 Å². The number of aryl methyl sites for hydroxylation is 1. The number of hydrogen-bond acceptors (Lipinski definition) is 5. The number of likely N-dealkylation sites (N-methyl/N-ethyl adjacent to an activating group) is 1. The molecule has 2 heterocycles. The Morgan fingerprint density at radius 3 is 3.07 bits per heavy atom. The van der Waals surface area contributed by atoms with E-state index in [2.05, 4.69) is 20.4 Å². The van der Waals surface area contributed by atoms with E-state index in [1.54, 1.807) is 12.5 Å². The summed E-state index contributed by atoms with van der Waals surface area (Å²) in [7, 11) is 3.78. The lowest BCUT2D eigenvalue weighted by Gasteiger charge is -1.93. The first-order valence-electron chi connectivity index (χ1n) is 4.75. The number of hydrogen-bond donors (Lipinski definition) is 1. The fourth-order valence-corrected chi connectivity index (χ4v) is 1.26. The zero-order valence-corrected chi connectivity index (χ0v) is 8.77. The molecule has 0 atom stereocenters. The molecule has 0 amide bonds. The molecule has 1 N–H and O–H groups in total. The summed E-state index contributed by atoms with van der Waals surface area (Å²) < 4.78 is 6.98. The van der Waals surface area contributed by atoms with Crippen LogP contribution in [0.15, 0.2) is 17.0 Å². The molecule has 0 aliphatic rings. The van der Waals surface area contributed by atoms with Crippen molar-refractivity contribution < 1.29 is 4.52 Å². The van der Waals surface area contributed by atoms with E-state index >= 15 is 0 Å². The molecule has 6 nitrogen and oxygen atoms in total. The predicted octanol–water partition coefficient (Wildman–Crippen LogP) is 0.232. The normalized spacial score (nSPS) is 10.8. The van der Waals surface area contributed by atoms with E-state index in [1.165, 1.54) is 0 Å². The van der Waals surface area contributed by atoms with E-state index in [4.69, 9.17) is 4.52 Å². The van der Waals surface area contributed by atoms with Crippen LogP contribution >= 0.6 is 0 Å². The van der Waals surface area contributed by atoms with Gasteiger partial charge in [0.25, 0.3) is 5.89 Å². The van der Waals surface area contributed by atoms with E-state index in [9.17, 15) is 0 Å². The first-order chi connectivity index (χ1) is 7.31. The van der Waals surface area contributed by atoms with Gasteiger partial charge in [0.1, 0.15) is 5.69 Å². The minimum atomic E-state index is 0.515. The zero-order valence-electron chi connectivity index (χ0n) is 8.77. The summed E-state index contributed by atoms with van der Waals surface area (Å²) in [6.07, 6.45) is 4.17. The van der Waals surface area contributed by atoms with E-state index in [-0.39, 0.29) is 0 Å². The molecule has 0 saturated heterocycles. The second-order valence-electron chi connectivity index (χ2n) is 3.26. The number of nitrogens with zero attached hydrogens (tertiary/aromatic N) is 4. The van der Waals surface area contributed by atoms with Crippen LogP contribution in [0.5, 0.6) is 0 Å². The molecule has 6 heteroatoms. The van der Waals surface area contributed by atoms with Crippen molar-refractivity contribution in [2.75, 3.05) is 13.6 Å². The van der Waals surface area contributed by atoms with Gasteiger partial charge in [-0.2, -0.15) is 4.98 Å². The first-order valence-corrected chi connectivity index (χ1v) is 4.75. The predicted molar refractivity (Wildman–Crippen MR) is 54.1 cm³/mol. The molecule has 0 bridgehead atoms. The minimum Gasteiger partial charge on any atom is -0.332 e. The minimum absolute atomic E-state index is 0.515. The third-order valence-electron chi connectivity index (χ3n) is 2.10. The second kappa shape index (κ2) is 4.22. The lowest BCUT2D eigenvalue weighted by atomic mass is 10.4. The Kier molecular flexibility index (Phi) is 2.77. The molecule has 0 unspecified atom stereocenters. The largest absolute Gasteiger partial charge is 0.332 e. The van der Waals surface area contributed by atoms with Gasteiger partial charge in [0.05, 0.1) is 12.5 Å². The van der Waals surface area contributed by atoms with Gasteiger partial charge in [-0.15, -0.1) is 0 Å². The summed E-state index contributed by atoms with van der Waals surface area (Å²) in [6.45, 7) is 0.838. The Morgan fingerprint density at radius 1 is 1.53 bits per heavy atom. The molecule has 15 heavy (non-hydrogen) atoms. The number of aromatic nitrogens is 4. The van der Waals surface area contributed by atoms with Gasteiger partial charge in [0.15, 0.2) is 5.82 Å². The van der Waals surface area contributed by atoms with Gasteiger partial charge in [0.2, 0.25) is 0 Å². The Bertz CT molecular complexity index is 433. The van der Waals surface area contributed by atoms with Gasteiger partial charge in [-0.1, -0.05) is 5.16 Å². The second-order valence-corrected chi connectivity index (χ2v) is 3.26. The number of rotatable bonds is 4. The van der Waals surface area contributed by atoms with Crippen molar-refractivity contribution >= 4 is 0 Å². The van der Waals surface area contributed by atoms with Crippen LogP contribution < -0.4 is 5.32 Å². The summed E-state index contributed by atoms with van der Waals surface area (Å²) in [5, 5.41) is 6.92. The van der Waals surface area contributed by atoms with Crippen molar-refractivity contribution in [1.82, 2.24) is 25.0 Å².